The molecule has 8 nitrogen and oxygen atoms in total. The fourth-order valence-electron chi connectivity index (χ4n) is 3.51. The number of alkyl halides is 3. The predicted octanol–water partition coefficient (Wildman–Crippen LogP) is 3.77. The van der Waals surface area contributed by atoms with E-state index >= 15 is 0 Å². The Labute approximate surface area is 187 Å². The third-order valence-electron chi connectivity index (χ3n) is 5.04. The van der Waals surface area contributed by atoms with E-state index in [-0.39, 0.29) is 5.75 Å². The van der Waals surface area contributed by atoms with Crippen molar-refractivity contribution in [3.8, 4) is 17.0 Å². The van der Waals surface area contributed by atoms with Crippen molar-refractivity contribution in [1.29, 1.82) is 0 Å². The molecule has 11 heteroatoms. The molecule has 1 atom stereocenters. The smallest absolute Gasteiger partial charge is 0.420 e. The van der Waals surface area contributed by atoms with Crippen molar-refractivity contribution in [3.05, 3.63) is 53.9 Å². The van der Waals surface area contributed by atoms with Crippen LogP contribution in [0.25, 0.3) is 11.3 Å². The summed E-state index contributed by atoms with van der Waals surface area (Å²) in [6, 6.07) is 7.08. The lowest BCUT2D eigenvalue weighted by Crippen LogP contribution is -2.23. The standard InChI is InChI=1S/C21H20ClF2N5O3/c1-12-9-26-28-18(12)17-8-13(10-25-19(17)29-7-6-15(30)11-29)20(31)27-14-2-4-16(5-3-14)32-21(22,23)24/h2-5,8-10,15,30H,6-7,11H2,1H3,(H,26,28)(H,27,31). The van der Waals surface area contributed by atoms with E-state index in [0.29, 0.717) is 42.1 Å². The summed E-state index contributed by atoms with van der Waals surface area (Å²) in [6.07, 6.45) is 3.34. The number of β-amino-alcohol motifs (C(OH)–C–C–N with tert-alkyl or cyclic N) is 1. The summed E-state index contributed by atoms with van der Waals surface area (Å²) in [5, 5.41) is 19.6. The van der Waals surface area contributed by atoms with Gasteiger partial charge in [0.15, 0.2) is 0 Å². The van der Waals surface area contributed by atoms with Crippen molar-refractivity contribution in [1.82, 2.24) is 15.2 Å². The molecule has 168 valence electrons. The molecule has 1 aromatic carbocycles. The molecular formula is C21H20ClF2N5O3. The Balaban J connectivity index is 1.58. The number of aromatic nitrogens is 3. The molecule has 1 amide bonds. The van der Waals surface area contributed by atoms with Gasteiger partial charge in [0.2, 0.25) is 0 Å². The molecule has 1 unspecified atom stereocenters. The van der Waals surface area contributed by atoms with Gasteiger partial charge in [-0.15, -0.1) is 8.78 Å². The Kier molecular flexibility index (Phi) is 5.98. The average Bonchev–Trinajstić information content (AvgIpc) is 3.36. The molecule has 3 N–H and O–H groups in total. The van der Waals surface area contributed by atoms with Crippen LogP contribution in [0.4, 0.5) is 20.3 Å². The van der Waals surface area contributed by atoms with Gasteiger partial charge in [0.1, 0.15) is 11.6 Å². The van der Waals surface area contributed by atoms with E-state index in [1.54, 1.807) is 12.3 Å². The zero-order valence-corrected chi connectivity index (χ0v) is 17.7. The molecule has 4 rings (SSSR count). The number of anilines is 2. The molecule has 2 aromatic heterocycles. The van der Waals surface area contributed by atoms with Crippen LogP contribution in [0.1, 0.15) is 22.3 Å². The van der Waals surface area contributed by atoms with Gasteiger partial charge in [-0.1, -0.05) is 0 Å². The molecule has 3 aromatic rings. The monoisotopic (exact) mass is 463 g/mol. The van der Waals surface area contributed by atoms with Crippen molar-refractivity contribution in [2.45, 2.75) is 25.0 Å². The maximum Gasteiger partial charge on any atom is 0.487 e. The van der Waals surface area contributed by atoms with Gasteiger partial charge >= 0.3 is 5.57 Å². The number of aliphatic hydroxyl groups is 1. The van der Waals surface area contributed by atoms with Crippen LogP contribution in [0.2, 0.25) is 0 Å². The van der Waals surface area contributed by atoms with E-state index in [1.165, 1.54) is 30.5 Å². The summed E-state index contributed by atoms with van der Waals surface area (Å²) >= 11 is 4.75. The maximum absolute atomic E-state index is 12.8. The minimum atomic E-state index is -3.81. The van der Waals surface area contributed by atoms with Gasteiger partial charge in [-0.3, -0.25) is 9.89 Å². The van der Waals surface area contributed by atoms with Crippen LogP contribution in [0.5, 0.6) is 5.75 Å². The molecule has 1 saturated heterocycles. The molecule has 0 spiro atoms. The summed E-state index contributed by atoms with van der Waals surface area (Å²) in [5.74, 6) is 0.0769. The number of ether oxygens (including phenoxy) is 1. The molecule has 3 heterocycles. The van der Waals surface area contributed by atoms with Crippen LogP contribution in [-0.2, 0) is 0 Å². The van der Waals surface area contributed by atoms with E-state index in [4.69, 9.17) is 11.6 Å². The first-order valence-corrected chi connectivity index (χ1v) is 10.2. The SMILES string of the molecule is Cc1cn[nH]c1-c1cc(C(=O)Nc2ccc(OC(F)(F)Cl)cc2)cnc1N1CCC(O)C1. The second-order valence-electron chi connectivity index (χ2n) is 7.44. The van der Waals surface area contributed by atoms with Crippen molar-refractivity contribution in [2.24, 2.45) is 0 Å². The number of carbonyl (C=O) groups excluding carboxylic acids is 1. The first-order valence-electron chi connectivity index (χ1n) is 9.80. The van der Waals surface area contributed by atoms with Gasteiger partial charge < -0.3 is 20.1 Å². The van der Waals surface area contributed by atoms with Gasteiger partial charge in [-0.05, 0) is 49.2 Å². The quantitative estimate of drug-likeness (QED) is 0.481. The van der Waals surface area contributed by atoms with Crippen LogP contribution in [0.15, 0.2) is 42.7 Å². The molecule has 0 saturated carbocycles. The number of aryl methyl sites for hydroxylation is 1. The Morgan fingerprint density at radius 2 is 2.09 bits per heavy atom. The fraction of sp³-hybridized carbons (Fsp3) is 0.286. The molecular weight excluding hydrogens is 444 g/mol. The summed E-state index contributed by atoms with van der Waals surface area (Å²) in [6.45, 7) is 2.99. The maximum atomic E-state index is 12.8. The van der Waals surface area contributed by atoms with E-state index in [1.807, 2.05) is 11.8 Å². The van der Waals surface area contributed by atoms with Crippen molar-refractivity contribution in [3.63, 3.8) is 0 Å². The van der Waals surface area contributed by atoms with E-state index in [0.717, 1.165) is 11.3 Å². The number of nitrogens with one attached hydrogen (secondary N) is 2. The second kappa shape index (κ2) is 8.71. The molecule has 1 fully saturated rings. The number of pyridine rings is 1. The zero-order valence-electron chi connectivity index (χ0n) is 17.0. The van der Waals surface area contributed by atoms with Crippen LogP contribution in [-0.4, -0.2) is 51.0 Å². The van der Waals surface area contributed by atoms with Gasteiger partial charge in [-0.25, -0.2) is 4.98 Å². The number of rotatable bonds is 6. The number of amides is 1. The zero-order chi connectivity index (χ0) is 22.9. The topological polar surface area (TPSA) is 103 Å². The lowest BCUT2D eigenvalue weighted by Gasteiger charge is -2.20. The highest BCUT2D eigenvalue weighted by molar-refractivity contribution is 6.20. The fourth-order valence-corrected chi connectivity index (χ4v) is 3.60. The van der Waals surface area contributed by atoms with Gasteiger partial charge in [-0.2, -0.15) is 5.10 Å². The number of halogens is 3. The Morgan fingerprint density at radius 1 is 1.34 bits per heavy atom. The number of hydrogen-bond donors (Lipinski definition) is 3. The molecule has 0 bridgehead atoms. The molecule has 0 radical (unpaired) electrons. The number of aliphatic hydroxyl groups excluding tert-OH is 1. The number of carbonyl (C=O) groups is 1. The van der Waals surface area contributed by atoms with Gasteiger partial charge in [0.25, 0.3) is 5.91 Å². The third-order valence-corrected chi connectivity index (χ3v) is 5.11. The summed E-state index contributed by atoms with van der Waals surface area (Å²) in [5.41, 5.74) is -0.833. The third kappa shape index (κ3) is 4.97. The Hall–Kier alpha value is -3.24. The first-order chi connectivity index (χ1) is 15.2. The summed E-state index contributed by atoms with van der Waals surface area (Å²) in [4.78, 5) is 19.3. The number of nitrogens with zero attached hydrogens (tertiary/aromatic N) is 3. The first kappa shape index (κ1) is 22.0. The molecule has 32 heavy (non-hydrogen) atoms. The summed E-state index contributed by atoms with van der Waals surface area (Å²) in [7, 11) is 0. The Bertz CT molecular complexity index is 1120. The molecule has 1 aliphatic heterocycles. The van der Waals surface area contributed by atoms with Crippen LogP contribution >= 0.6 is 11.6 Å². The second-order valence-corrected chi connectivity index (χ2v) is 7.88. The minimum Gasteiger partial charge on any atom is -0.420 e. The van der Waals surface area contributed by atoms with E-state index in [9.17, 15) is 18.7 Å². The van der Waals surface area contributed by atoms with Crippen LogP contribution < -0.4 is 15.0 Å². The lowest BCUT2D eigenvalue weighted by atomic mass is 10.1. The average molecular weight is 464 g/mol. The van der Waals surface area contributed by atoms with Gasteiger partial charge in [0, 0.05) is 42.1 Å². The Morgan fingerprint density at radius 3 is 2.69 bits per heavy atom. The number of aromatic amines is 1. The highest BCUT2D eigenvalue weighted by atomic mass is 35.5. The highest BCUT2D eigenvalue weighted by Crippen LogP contribution is 2.33. The normalized spacial score (nSPS) is 16.3. The molecule has 1 aliphatic rings. The summed E-state index contributed by atoms with van der Waals surface area (Å²) < 4.78 is 29.7. The lowest BCUT2D eigenvalue weighted by molar-refractivity contribution is -0.0964. The van der Waals surface area contributed by atoms with E-state index in [2.05, 4.69) is 25.2 Å². The predicted molar refractivity (Wildman–Crippen MR) is 115 cm³/mol. The minimum absolute atomic E-state index is 0.140. The van der Waals surface area contributed by atoms with Gasteiger partial charge in [0.05, 0.1) is 23.6 Å². The van der Waals surface area contributed by atoms with Crippen LogP contribution in [0.3, 0.4) is 0 Å². The largest absolute Gasteiger partial charge is 0.487 e. The van der Waals surface area contributed by atoms with Crippen molar-refractivity contribution in [2.75, 3.05) is 23.3 Å². The van der Waals surface area contributed by atoms with Crippen LogP contribution in [0, 0.1) is 6.92 Å². The highest BCUT2D eigenvalue weighted by Gasteiger charge is 2.28. The van der Waals surface area contributed by atoms with Crippen molar-refractivity contribution >= 4 is 29.0 Å². The number of H-pyrrole nitrogens is 1. The van der Waals surface area contributed by atoms with E-state index < -0.39 is 17.6 Å². The number of benzene rings is 1. The van der Waals surface area contributed by atoms with Crippen molar-refractivity contribution < 1.29 is 23.4 Å². The molecule has 0 aliphatic carbocycles. The number of hydrogen-bond acceptors (Lipinski definition) is 6.